The number of benzene rings is 2. The van der Waals surface area contributed by atoms with Gasteiger partial charge in [-0.1, -0.05) is 24.3 Å². The number of hydrogen-bond donors (Lipinski definition) is 1. The van der Waals surface area contributed by atoms with Crippen molar-refractivity contribution in [2.45, 2.75) is 10.9 Å². The lowest BCUT2D eigenvalue weighted by Crippen LogP contribution is -2.31. The number of methoxy groups -OCH3 is 1. The van der Waals surface area contributed by atoms with Gasteiger partial charge in [-0.15, -0.1) is 0 Å². The minimum Gasteiger partial charge on any atom is -0.497 e. The van der Waals surface area contributed by atoms with Gasteiger partial charge in [0.1, 0.15) is 17.6 Å². The van der Waals surface area contributed by atoms with Crippen LogP contribution in [0.5, 0.6) is 5.75 Å². The molecule has 146 valence electrons. The van der Waals surface area contributed by atoms with Crippen LogP contribution in [0.3, 0.4) is 0 Å². The number of rotatable bonds is 7. The van der Waals surface area contributed by atoms with Gasteiger partial charge in [-0.3, -0.25) is 10.1 Å². The SMILES string of the molecule is COc1cccc(C(NS(=O)(=O)c2ccccc2[N+](=O)[O-])c2nccn2C)c1. The van der Waals surface area contributed by atoms with E-state index in [0.717, 1.165) is 6.07 Å². The van der Waals surface area contributed by atoms with Gasteiger partial charge in [-0.2, -0.15) is 4.72 Å². The zero-order valence-electron chi connectivity index (χ0n) is 15.1. The molecule has 0 fully saturated rings. The molecule has 1 unspecified atom stereocenters. The molecule has 1 atom stereocenters. The highest BCUT2D eigenvalue weighted by atomic mass is 32.2. The summed E-state index contributed by atoms with van der Waals surface area (Å²) in [5, 5.41) is 11.3. The normalized spacial score (nSPS) is 12.5. The Morgan fingerprint density at radius 3 is 2.61 bits per heavy atom. The highest BCUT2D eigenvalue weighted by Crippen LogP contribution is 2.29. The van der Waals surface area contributed by atoms with E-state index in [-0.39, 0.29) is 0 Å². The summed E-state index contributed by atoms with van der Waals surface area (Å²) in [5.41, 5.74) is 0.0787. The molecule has 0 saturated carbocycles. The Labute approximate surface area is 161 Å². The molecule has 3 rings (SSSR count). The number of aryl methyl sites for hydroxylation is 1. The summed E-state index contributed by atoms with van der Waals surface area (Å²) in [6.07, 6.45) is 3.23. The molecule has 0 aliphatic rings. The number of sulfonamides is 1. The first-order chi connectivity index (χ1) is 13.3. The Hall–Kier alpha value is -3.24. The molecule has 0 radical (unpaired) electrons. The predicted molar refractivity (Wildman–Crippen MR) is 101 cm³/mol. The standard InChI is InChI=1S/C18H18N4O5S/c1-21-11-10-19-18(21)17(13-6-5-7-14(12-13)27-2)20-28(25,26)16-9-4-3-8-15(16)22(23)24/h3-12,17,20H,1-2H3. The Morgan fingerprint density at radius 1 is 1.21 bits per heavy atom. The number of nitro groups is 1. The van der Waals surface area contributed by atoms with E-state index < -0.39 is 31.6 Å². The Bertz CT molecular complexity index is 1110. The van der Waals surface area contributed by atoms with Crippen molar-refractivity contribution in [1.29, 1.82) is 0 Å². The van der Waals surface area contributed by atoms with E-state index >= 15 is 0 Å². The van der Waals surface area contributed by atoms with Gasteiger partial charge in [-0.05, 0) is 23.8 Å². The maximum atomic E-state index is 13.0. The fraction of sp³-hybridized carbons (Fsp3) is 0.167. The van der Waals surface area contributed by atoms with Crippen LogP contribution >= 0.6 is 0 Å². The van der Waals surface area contributed by atoms with Crippen LogP contribution in [0.1, 0.15) is 17.4 Å². The minimum absolute atomic E-state index is 0.415. The van der Waals surface area contributed by atoms with Gasteiger partial charge in [0, 0.05) is 25.5 Å². The molecule has 1 heterocycles. The van der Waals surface area contributed by atoms with E-state index in [1.807, 2.05) is 0 Å². The van der Waals surface area contributed by atoms with Gasteiger partial charge in [0.2, 0.25) is 10.0 Å². The third-order valence-corrected chi connectivity index (χ3v) is 5.64. The van der Waals surface area contributed by atoms with Gasteiger partial charge in [0.15, 0.2) is 4.90 Å². The van der Waals surface area contributed by atoms with Gasteiger partial charge in [-0.25, -0.2) is 13.4 Å². The number of ether oxygens (including phenoxy) is 1. The van der Waals surface area contributed by atoms with Crippen LogP contribution in [0.25, 0.3) is 0 Å². The summed E-state index contributed by atoms with van der Waals surface area (Å²) >= 11 is 0. The average Bonchev–Trinajstić information content (AvgIpc) is 3.12. The first kappa shape index (κ1) is 19.5. The second-order valence-corrected chi connectivity index (χ2v) is 7.63. The molecule has 2 aromatic carbocycles. The van der Waals surface area contributed by atoms with Crippen LogP contribution in [0, 0.1) is 10.1 Å². The number of nitrogens with zero attached hydrogens (tertiary/aromatic N) is 3. The molecule has 0 aliphatic heterocycles. The number of para-hydroxylation sites is 1. The maximum Gasteiger partial charge on any atom is 0.289 e. The lowest BCUT2D eigenvalue weighted by atomic mass is 10.1. The first-order valence-corrected chi connectivity index (χ1v) is 9.68. The molecule has 0 amide bonds. The third kappa shape index (κ3) is 3.87. The fourth-order valence-electron chi connectivity index (χ4n) is 2.80. The molecule has 28 heavy (non-hydrogen) atoms. The molecule has 10 heteroatoms. The summed E-state index contributed by atoms with van der Waals surface area (Å²) in [5.74, 6) is 0.969. The van der Waals surface area contributed by atoms with Crippen molar-refractivity contribution in [2.75, 3.05) is 7.11 Å². The monoisotopic (exact) mass is 402 g/mol. The Balaban J connectivity index is 2.10. The van der Waals surface area contributed by atoms with E-state index in [2.05, 4.69) is 9.71 Å². The highest BCUT2D eigenvalue weighted by molar-refractivity contribution is 7.89. The first-order valence-electron chi connectivity index (χ1n) is 8.20. The summed E-state index contributed by atoms with van der Waals surface area (Å²) in [6, 6.07) is 11.2. The molecule has 1 aromatic heterocycles. The number of aromatic nitrogens is 2. The van der Waals surface area contributed by atoms with Crippen molar-refractivity contribution in [3.63, 3.8) is 0 Å². The summed E-state index contributed by atoms with van der Waals surface area (Å²) in [4.78, 5) is 14.4. The summed E-state index contributed by atoms with van der Waals surface area (Å²) in [7, 11) is -0.994. The topological polar surface area (TPSA) is 116 Å². The second kappa shape index (κ2) is 7.79. The smallest absolute Gasteiger partial charge is 0.289 e. The van der Waals surface area contributed by atoms with Gasteiger partial charge in [0.25, 0.3) is 5.69 Å². The molecule has 0 spiro atoms. The van der Waals surface area contributed by atoms with Crippen LogP contribution in [-0.2, 0) is 17.1 Å². The van der Waals surface area contributed by atoms with Crippen molar-refractivity contribution >= 4 is 15.7 Å². The Morgan fingerprint density at radius 2 is 1.96 bits per heavy atom. The van der Waals surface area contributed by atoms with E-state index in [1.165, 1.54) is 25.3 Å². The molecule has 9 nitrogen and oxygen atoms in total. The van der Waals surface area contributed by atoms with Gasteiger partial charge < -0.3 is 9.30 Å². The maximum absolute atomic E-state index is 13.0. The number of nitro benzene ring substituents is 1. The lowest BCUT2D eigenvalue weighted by molar-refractivity contribution is -0.387. The lowest BCUT2D eigenvalue weighted by Gasteiger charge is -2.19. The van der Waals surface area contributed by atoms with E-state index in [4.69, 9.17) is 4.74 Å². The van der Waals surface area contributed by atoms with E-state index in [9.17, 15) is 18.5 Å². The van der Waals surface area contributed by atoms with Crippen LogP contribution in [0.4, 0.5) is 5.69 Å². The highest BCUT2D eigenvalue weighted by Gasteiger charge is 2.30. The summed E-state index contributed by atoms with van der Waals surface area (Å²) < 4.78 is 35.5. The zero-order valence-corrected chi connectivity index (χ0v) is 16.0. The van der Waals surface area contributed by atoms with Crippen molar-refractivity contribution in [3.8, 4) is 5.75 Å². The van der Waals surface area contributed by atoms with Crippen molar-refractivity contribution in [2.24, 2.45) is 7.05 Å². The second-order valence-electron chi connectivity index (χ2n) is 5.95. The van der Waals surface area contributed by atoms with Crippen LogP contribution < -0.4 is 9.46 Å². The molecular formula is C18H18N4O5S. The molecule has 1 N–H and O–H groups in total. The van der Waals surface area contributed by atoms with Crippen molar-refractivity contribution in [1.82, 2.24) is 14.3 Å². The number of imidazole rings is 1. The molecular weight excluding hydrogens is 384 g/mol. The summed E-state index contributed by atoms with van der Waals surface area (Å²) in [6.45, 7) is 0. The van der Waals surface area contributed by atoms with Crippen LogP contribution in [0.2, 0.25) is 0 Å². The molecule has 0 saturated heterocycles. The molecule has 0 aliphatic carbocycles. The van der Waals surface area contributed by atoms with E-state index in [0.29, 0.717) is 17.1 Å². The largest absolute Gasteiger partial charge is 0.497 e. The molecule has 3 aromatic rings. The average molecular weight is 402 g/mol. The number of nitrogens with one attached hydrogen (secondary N) is 1. The van der Waals surface area contributed by atoms with Gasteiger partial charge in [0.05, 0.1) is 12.0 Å². The van der Waals surface area contributed by atoms with Crippen molar-refractivity contribution in [3.05, 3.63) is 82.4 Å². The van der Waals surface area contributed by atoms with Gasteiger partial charge >= 0.3 is 0 Å². The number of hydrogen-bond acceptors (Lipinski definition) is 6. The van der Waals surface area contributed by atoms with Crippen LogP contribution in [-0.4, -0.2) is 30.0 Å². The minimum atomic E-state index is -4.23. The quantitative estimate of drug-likeness (QED) is 0.479. The predicted octanol–water partition coefficient (Wildman–Crippen LogP) is 2.40. The Kier molecular flexibility index (Phi) is 5.43. The molecule has 0 bridgehead atoms. The van der Waals surface area contributed by atoms with E-state index in [1.54, 1.807) is 48.3 Å². The fourth-order valence-corrected chi connectivity index (χ4v) is 4.15. The zero-order chi connectivity index (χ0) is 20.3. The van der Waals surface area contributed by atoms with Crippen LogP contribution in [0.15, 0.2) is 65.8 Å². The third-order valence-electron chi connectivity index (χ3n) is 4.17. The van der Waals surface area contributed by atoms with Crippen molar-refractivity contribution < 1.29 is 18.1 Å².